The van der Waals surface area contributed by atoms with Gasteiger partial charge in [-0.05, 0) is 60.7 Å². The van der Waals surface area contributed by atoms with Crippen LogP contribution in [0.3, 0.4) is 0 Å². The molecule has 0 fully saturated rings. The Balaban J connectivity index is 1.71. The number of carbonyl (C=O) groups excluding carboxylic acids is 2. The molecule has 0 saturated heterocycles. The summed E-state index contributed by atoms with van der Waals surface area (Å²) < 4.78 is 43.9. The van der Waals surface area contributed by atoms with Gasteiger partial charge in [-0.3, -0.25) is 19.7 Å². The SMILES string of the molecule is CN(C)C(=O)c1ccc(NC(=O)c2ccc(Oc3ccc(C(F)(F)F)cc3[N+](=O)[O-])cc2)cc1. The zero-order chi connectivity index (χ0) is 25.0. The summed E-state index contributed by atoms with van der Waals surface area (Å²) in [6.07, 6.45) is -4.74. The van der Waals surface area contributed by atoms with Crippen molar-refractivity contribution in [2.75, 3.05) is 19.4 Å². The molecular weight excluding hydrogens is 455 g/mol. The largest absolute Gasteiger partial charge is 0.450 e. The molecule has 3 aromatic rings. The lowest BCUT2D eigenvalue weighted by atomic mass is 10.1. The fourth-order valence-electron chi connectivity index (χ4n) is 2.88. The maximum Gasteiger partial charge on any atom is 0.416 e. The number of ether oxygens (including phenoxy) is 1. The number of nitrogens with one attached hydrogen (secondary N) is 1. The smallest absolute Gasteiger partial charge is 0.416 e. The summed E-state index contributed by atoms with van der Waals surface area (Å²) in [6.45, 7) is 0. The third-order valence-electron chi connectivity index (χ3n) is 4.62. The Labute approximate surface area is 191 Å². The molecule has 0 saturated carbocycles. The Morgan fingerprint density at radius 3 is 2.06 bits per heavy atom. The molecule has 8 nitrogen and oxygen atoms in total. The highest BCUT2D eigenvalue weighted by Crippen LogP contribution is 2.37. The van der Waals surface area contributed by atoms with Crippen molar-refractivity contribution < 1.29 is 32.4 Å². The van der Waals surface area contributed by atoms with E-state index in [0.717, 1.165) is 6.07 Å². The van der Waals surface area contributed by atoms with Gasteiger partial charge >= 0.3 is 11.9 Å². The van der Waals surface area contributed by atoms with Gasteiger partial charge in [-0.1, -0.05) is 0 Å². The quantitative estimate of drug-likeness (QED) is 0.384. The standard InChI is InChI=1S/C23H18F3N3O5/c1-28(2)22(31)15-3-8-17(9-4-15)27-21(30)14-5-10-18(11-6-14)34-20-12-7-16(23(24,25)26)13-19(20)29(32)33/h3-13H,1-2H3,(H,27,30). The van der Waals surface area contributed by atoms with Gasteiger partial charge < -0.3 is 15.0 Å². The van der Waals surface area contributed by atoms with Crippen molar-refractivity contribution >= 4 is 23.2 Å². The lowest BCUT2D eigenvalue weighted by Gasteiger charge is -2.11. The Morgan fingerprint density at radius 2 is 1.53 bits per heavy atom. The number of nitro benzene ring substituents is 1. The van der Waals surface area contributed by atoms with Crippen LogP contribution in [0.5, 0.6) is 11.5 Å². The number of amides is 2. The van der Waals surface area contributed by atoms with Crippen LogP contribution in [0.25, 0.3) is 0 Å². The first-order valence-electron chi connectivity index (χ1n) is 9.72. The van der Waals surface area contributed by atoms with Crippen molar-refractivity contribution in [3.05, 3.63) is 93.5 Å². The molecule has 0 unspecified atom stereocenters. The second-order valence-electron chi connectivity index (χ2n) is 7.29. The van der Waals surface area contributed by atoms with Crippen molar-refractivity contribution in [3.63, 3.8) is 0 Å². The number of halogens is 3. The predicted octanol–water partition coefficient (Wildman–Crippen LogP) is 5.36. The van der Waals surface area contributed by atoms with Gasteiger partial charge in [0, 0.05) is 37.0 Å². The number of alkyl halides is 3. The molecule has 0 atom stereocenters. The first kappa shape index (κ1) is 24.2. The van der Waals surface area contributed by atoms with E-state index in [1.807, 2.05) is 0 Å². The normalized spacial score (nSPS) is 11.0. The van der Waals surface area contributed by atoms with Gasteiger partial charge in [-0.25, -0.2) is 0 Å². The van der Waals surface area contributed by atoms with E-state index >= 15 is 0 Å². The van der Waals surface area contributed by atoms with Gasteiger partial charge in [-0.15, -0.1) is 0 Å². The molecule has 0 aliphatic heterocycles. The van der Waals surface area contributed by atoms with E-state index in [1.165, 1.54) is 29.2 Å². The molecule has 34 heavy (non-hydrogen) atoms. The number of anilines is 1. The third kappa shape index (κ3) is 5.68. The number of nitro groups is 1. The summed E-state index contributed by atoms with van der Waals surface area (Å²) in [7, 11) is 3.25. The summed E-state index contributed by atoms with van der Waals surface area (Å²) in [4.78, 5) is 36.0. The average Bonchev–Trinajstić information content (AvgIpc) is 2.79. The minimum absolute atomic E-state index is 0.0889. The van der Waals surface area contributed by atoms with Crippen LogP contribution in [0.2, 0.25) is 0 Å². The molecule has 0 bridgehead atoms. The van der Waals surface area contributed by atoms with E-state index in [0.29, 0.717) is 23.4 Å². The Kier molecular flexibility index (Phi) is 6.85. The lowest BCUT2D eigenvalue weighted by molar-refractivity contribution is -0.385. The van der Waals surface area contributed by atoms with Gasteiger partial charge in [0.1, 0.15) is 5.75 Å². The molecule has 0 spiro atoms. The van der Waals surface area contributed by atoms with Crippen LogP contribution in [-0.4, -0.2) is 35.7 Å². The topological polar surface area (TPSA) is 102 Å². The number of hydrogen-bond acceptors (Lipinski definition) is 5. The van der Waals surface area contributed by atoms with E-state index in [1.54, 1.807) is 38.4 Å². The summed E-state index contributed by atoms with van der Waals surface area (Å²) in [5, 5.41) is 13.9. The van der Waals surface area contributed by atoms with Gasteiger partial charge in [0.25, 0.3) is 11.8 Å². The highest BCUT2D eigenvalue weighted by molar-refractivity contribution is 6.04. The summed E-state index contributed by atoms with van der Waals surface area (Å²) >= 11 is 0. The van der Waals surface area contributed by atoms with Crippen molar-refractivity contribution in [3.8, 4) is 11.5 Å². The molecule has 0 aromatic heterocycles. The average molecular weight is 473 g/mol. The molecule has 0 aliphatic carbocycles. The van der Waals surface area contributed by atoms with E-state index < -0.39 is 28.3 Å². The second-order valence-corrected chi connectivity index (χ2v) is 7.29. The van der Waals surface area contributed by atoms with Crippen molar-refractivity contribution in [2.24, 2.45) is 0 Å². The van der Waals surface area contributed by atoms with Gasteiger partial charge in [-0.2, -0.15) is 13.2 Å². The number of carbonyl (C=O) groups is 2. The zero-order valence-corrected chi connectivity index (χ0v) is 17.9. The monoisotopic (exact) mass is 473 g/mol. The summed E-state index contributed by atoms with van der Waals surface area (Å²) in [5.41, 5.74) is -0.851. The molecule has 0 aliphatic rings. The minimum atomic E-state index is -4.74. The highest BCUT2D eigenvalue weighted by atomic mass is 19.4. The first-order valence-corrected chi connectivity index (χ1v) is 9.72. The molecule has 176 valence electrons. The van der Waals surface area contributed by atoms with Crippen molar-refractivity contribution in [2.45, 2.75) is 6.18 Å². The van der Waals surface area contributed by atoms with Crippen molar-refractivity contribution in [1.82, 2.24) is 4.90 Å². The fourth-order valence-corrected chi connectivity index (χ4v) is 2.88. The van der Waals surface area contributed by atoms with Crippen LogP contribution in [-0.2, 0) is 6.18 Å². The fraction of sp³-hybridized carbons (Fsp3) is 0.130. The van der Waals surface area contributed by atoms with E-state index in [-0.39, 0.29) is 23.0 Å². The number of rotatable bonds is 6. The molecule has 3 aromatic carbocycles. The Bertz CT molecular complexity index is 1220. The van der Waals surface area contributed by atoms with Crippen LogP contribution in [0.15, 0.2) is 66.7 Å². The molecular formula is C23H18F3N3O5. The van der Waals surface area contributed by atoms with Gasteiger partial charge in [0.05, 0.1) is 10.5 Å². The van der Waals surface area contributed by atoms with Crippen LogP contribution in [0.1, 0.15) is 26.3 Å². The lowest BCUT2D eigenvalue weighted by Crippen LogP contribution is -2.21. The number of nitrogens with zero attached hydrogens (tertiary/aromatic N) is 2. The molecule has 2 amide bonds. The highest BCUT2D eigenvalue weighted by Gasteiger charge is 2.33. The van der Waals surface area contributed by atoms with E-state index in [2.05, 4.69) is 5.32 Å². The van der Waals surface area contributed by atoms with Crippen LogP contribution in [0.4, 0.5) is 24.5 Å². The minimum Gasteiger partial charge on any atom is -0.450 e. The third-order valence-corrected chi connectivity index (χ3v) is 4.62. The zero-order valence-electron chi connectivity index (χ0n) is 17.9. The van der Waals surface area contributed by atoms with Crippen LogP contribution in [0, 0.1) is 10.1 Å². The van der Waals surface area contributed by atoms with Gasteiger partial charge in [0.15, 0.2) is 0 Å². The maximum atomic E-state index is 12.8. The van der Waals surface area contributed by atoms with Crippen LogP contribution >= 0.6 is 0 Å². The van der Waals surface area contributed by atoms with Crippen molar-refractivity contribution in [1.29, 1.82) is 0 Å². The van der Waals surface area contributed by atoms with Gasteiger partial charge in [0.2, 0.25) is 5.75 Å². The van der Waals surface area contributed by atoms with Crippen LogP contribution < -0.4 is 10.1 Å². The molecule has 0 heterocycles. The molecule has 0 radical (unpaired) electrons. The molecule has 3 rings (SSSR count). The second kappa shape index (κ2) is 9.61. The first-order chi connectivity index (χ1) is 16.0. The summed E-state index contributed by atoms with van der Waals surface area (Å²) in [6, 6.07) is 13.8. The Morgan fingerprint density at radius 1 is 0.941 bits per heavy atom. The van der Waals surface area contributed by atoms with E-state index in [4.69, 9.17) is 4.74 Å². The maximum absolute atomic E-state index is 12.8. The number of benzene rings is 3. The van der Waals surface area contributed by atoms with E-state index in [9.17, 15) is 32.9 Å². The summed E-state index contributed by atoms with van der Waals surface area (Å²) in [5.74, 6) is -0.922. The Hall–Kier alpha value is -4.41. The number of hydrogen-bond donors (Lipinski definition) is 1. The molecule has 11 heteroatoms. The predicted molar refractivity (Wildman–Crippen MR) is 117 cm³/mol. The molecule has 1 N–H and O–H groups in total.